The van der Waals surface area contributed by atoms with Gasteiger partial charge in [0.1, 0.15) is 17.6 Å². The second-order valence-electron chi connectivity index (χ2n) is 5.71. The first-order valence-electron chi connectivity index (χ1n) is 6.49. The van der Waals surface area contributed by atoms with Crippen LogP contribution < -0.4 is 10.5 Å². The Bertz CT molecular complexity index is 663. The summed E-state index contributed by atoms with van der Waals surface area (Å²) in [6, 6.07) is 15.1. The van der Waals surface area contributed by atoms with E-state index in [2.05, 4.69) is 26.8 Å². The fourth-order valence-corrected chi connectivity index (χ4v) is 2.01. The van der Waals surface area contributed by atoms with Crippen molar-refractivity contribution in [3.05, 3.63) is 53.6 Å². The molecule has 0 aliphatic rings. The van der Waals surface area contributed by atoms with Crippen LogP contribution in [0.3, 0.4) is 0 Å². The van der Waals surface area contributed by atoms with Crippen LogP contribution >= 0.6 is 0 Å². The van der Waals surface area contributed by atoms with Crippen molar-refractivity contribution in [2.75, 3.05) is 5.73 Å². The minimum Gasteiger partial charge on any atom is -0.457 e. The van der Waals surface area contributed by atoms with Gasteiger partial charge < -0.3 is 10.5 Å². The van der Waals surface area contributed by atoms with Crippen molar-refractivity contribution in [2.24, 2.45) is 0 Å². The first kappa shape index (κ1) is 14.0. The van der Waals surface area contributed by atoms with Gasteiger partial charge in [-0.2, -0.15) is 5.26 Å². The minimum atomic E-state index is -0.00523. The predicted molar refractivity (Wildman–Crippen MR) is 80.8 cm³/mol. The predicted octanol–water partition coefficient (Wildman–Crippen LogP) is 4.23. The van der Waals surface area contributed by atoms with Crippen LogP contribution in [0.5, 0.6) is 11.5 Å². The molecule has 0 aliphatic carbocycles. The van der Waals surface area contributed by atoms with Gasteiger partial charge in [-0.1, -0.05) is 39.0 Å². The van der Waals surface area contributed by atoms with Gasteiger partial charge in [-0.15, -0.1) is 0 Å². The molecule has 0 aliphatic heterocycles. The summed E-state index contributed by atoms with van der Waals surface area (Å²) in [5.74, 6) is 1.45. The van der Waals surface area contributed by atoms with Gasteiger partial charge in [0.2, 0.25) is 0 Å². The number of para-hydroxylation sites is 1. The maximum atomic E-state index is 8.88. The number of hydrogen-bond acceptors (Lipinski definition) is 3. The summed E-state index contributed by atoms with van der Waals surface area (Å²) in [7, 11) is 0. The highest BCUT2D eigenvalue weighted by Crippen LogP contribution is 2.34. The van der Waals surface area contributed by atoms with Crippen molar-refractivity contribution >= 4 is 5.69 Å². The van der Waals surface area contributed by atoms with Crippen LogP contribution in [0.4, 0.5) is 5.69 Å². The summed E-state index contributed by atoms with van der Waals surface area (Å²) in [6.07, 6.45) is 0. The lowest BCUT2D eigenvalue weighted by Gasteiger charge is -2.22. The third kappa shape index (κ3) is 2.92. The van der Waals surface area contributed by atoms with Crippen molar-refractivity contribution in [2.45, 2.75) is 26.2 Å². The summed E-state index contributed by atoms with van der Waals surface area (Å²) < 4.78 is 5.93. The first-order valence-corrected chi connectivity index (χ1v) is 6.49. The Hall–Kier alpha value is -2.47. The molecule has 0 radical (unpaired) electrons. The number of ether oxygens (including phenoxy) is 1. The van der Waals surface area contributed by atoms with Crippen LogP contribution in [0.25, 0.3) is 0 Å². The molecule has 0 saturated carbocycles. The largest absolute Gasteiger partial charge is 0.457 e. The van der Waals surface area contributed by atoms with E-state index >= 15 is 0 Å². The number of rotatable bonds is 2. The molecule has 0 heterocycles. The summed E-state index contributed by atoms with van der Waals surface area (Å²) in [5, 5.41) is 8.88. The Balaban J connectivity index is 2.36. The van der Waals surface area contributed by atoms with Crippen molar-refractivity contribution in [1.29, 1.82) is 5.26 Å². The molecule has 102 valence electrons. The number of hydrogen-bond donors (Lipinski definition) is 1. The number of nitrogens with two attached hydrogens (primary N) is 1. The van der Waals surface area contributed by atoms with Gasteiger partial charge in [-0.05, 0) is 23.6 Å². The molecule has 0 amide bonds. The monoisotopic (exact) mass is 266 g/mol. The Labute approximate surface area is 119 Å². The topological polar surface area (TPSA) is 59.0 Å². The zero-order valence-electron chi connectivity index (χ0n) is 12.0. The fraction of sp³-hybridized carbons (Fsp3) is 0.235. The fourth-order valence-electron chi connectivity index (χ4n) is 2.01. The van der Waals surface area contributed by atoms with Crippen LogP contribution in [0, 0.1) is 11.3 Å². The highest BCUT2D eigenvalue weighted by atomic mass is 16.5. The van der Waals surface area contributed by atoms with Gasteiger partial charge in [0.25, 0.3) is 0 Å². The Morgan fingerprint density at radius 1 is 1.10 bits per heavy atom. The molecular formula is C17H18N2O. The summed E-state index contributed by atoms with van der Waals surface area (Å²) >= 11 is 0. The highest BCUT2D eigenvalue weighted by molar-refractivity contribution is 5.57. The lowest BCUT2D eigenvalue weighted by Crippen LogP contribution is -2.12. The van der Waals surface area contributed by atoms with Crippen molar-refractivity contribution in [1.82, 2.24) is 0 Å². The average molecular weight is 266 g/mol. The van der Waals surface area contributed by atoms with Crippen molar-refractivity contribution in [3.63, 3.8) is 0 Å². The first-order chi connectivity index (χ1) is 9.41. The van der Waals surface area contributed by atoms with Crippen LogP contribution in [-0.2, 0) is 5.41 Å². The molecule has 2 N–H and O–H groups in total. The van der Waals surface area contributed by atoms with Crippen LogP contribution in [-0.4, -0.2) is 0 Å². The molecule has 0 spiro atoms. The smallest absolute Gasteiger partial charge is 0.131 e. The zero-order valence-corrected chi connectivity index (χ0v) is 12.0. The number of nitrogen functional groups attached to an aromatic ring is 1. The van der Waals surface area contributed by atoms with Crippen LogP contribution in [0.1, 0.15) is 31.9 Å². The van der Waals surface area contributed by atoms with E-state index in [9.17, 15) is 0 Å². The number of anilines is 1. The lowest BCUT2D eigenvalue weighted by molar-refractivity contribution is 0.455. The molecule has 3 nitrogen and oxygen atoms in total. The normalized spacial score (nSPS) is 10.9. The Morgan fingerprint density at radius 3 is 2.40 bits per heavy atom. The molecule has 0 atom stereocenters. The third-order valence-corrected chi connectivity index (χ3v) is 3.07. The molecule has 2 aromatic carbocycles. The number of nitrogens with zero attached hydrogens (tertiary/aromatic N) is 1. The maximum absolute atomic E-state index is 8.88. The van der Waals surface area contributed by atoms with E-state index in [4.69, 9.17) is 15.7 Å². The van der Waals surface area contributed by atoms with E-state index < -0.39 is 0 Å². The van der Waals surface area contributed by atoms with Crippen molar-refractivity contribution < 1.29 is 4.74 Å². The molecule has 0 saturated heterocycles. The Morgan fingerprint density at radius 2 is 1.80 bits per heavy atom. The van der Waals surface area contributed by atoms with Gasteiger partial charge in [-0.25, -0.2) is 0 Å². The van der Waals surface area contributed by atoms with Gasteiger partial charge >= 0.3 is 0 Å². The second-order valence-corrected chi connectivity index (χ2v) is 5.71. The lowest BCUT2D eigenvalue weighted by atomic mass is 9.86. The summed E-state index contributed by atoms with van der Waals surface area (Å²) in [4.78, 5) is 0. The molecule has 0 bridgehead atoms. The molecular weight excluding hydrogens is 248 g/mol. The van der Waals surface area contributed by atoms with Gasteiger partial charge in [0, 0.05) is 11.6 Å². The molecule has 2 rings (SSSR count). The molecule has 20 heavy (non-hydrogen) atoms. The van der Waals surface area contributed by atoms with Crippen LogP contribution in [0.15, 0.2) is 42.5 Å². The van der Waals surface area contributed by atoms with Crippen molar-refractivity contribution in [3.8, 4) is 17.6 Å². The van der Waals surface area contributed by atoms with E-state index in [0.717, 1.165) is 11.3 Å². The maximum Gasteiger partial charge on any atom is 0.131 e. The van der Waals surface area contributed by atoms with Gasteiger partial charge in [-0.3, -0.25) is 0 Å². The zero-order chi connectivity index (χ0) is 14.8. The molecule has 0 fully saturated rings. The summed E-state index contributed by atoms with van der Waals surface area (Å²) in [6.45, 7) is 6.42. The van der Waals surface area contributed by atoms with E-state index in [1.807, 2.05) is 24.3 Å². The molecule has 2 aromatic rings. The Kier molecular flexibility index (Phi) is 3.67. The van der Waals surface area contributed by atoms with E-state index in [-0.39, 0.29) is 5.41 Å². The molecule has 3 heteroatoms. The number of benzene rings is 2. The average Bonchev–Trinajstić information content (AvgIpc) is 2.38. The standard InChI is InChI=1S/C17H18N2O/c1-17(2,3)14-6-4-5-7-16(14)20-13-9-8-12(11-18)15(19)10-13/h4-10H,19H2,1-3H3. The third-order valence-electron chi connectivity index (χ3n) is 3.07. The van der Waals surface area contributed by atoms with E-state index in [0.29, 0.717) is 17.0 Å². The quantitative estimate of drug-likeness (QED) is 0.827. The highest BCUT2D eigenvalue weighted by Gasteiger charge is 2.18. The van der Waals surface area contributed by atoms with Gasteiger partial charge in [0.15, 0.2) is 0 Å². The van der Waals surface area contributed by atoms with Gasteiger partial charge in [0.05, 0.1) is 11.3 Å². The van der Waals surface area contributed by atoms with E-state index in [1.54, 1.807) is 18.2 Å². The molecule has 0 unspecified atom stereocenters. The SMILES string of the molecule is CC(C)(C)c1ccccc1Oc1ccc(C#N)c(N)c1. The van der Waals surface area contributed by atoms with Crippen LogP contribution in [0.2, 0.25) is 0 Å². The second kappa shape index (κ2) is 5.26. The van der Waals surface area contributed by atoms with E-state index in [1.165, 1.54) is 0 Å². The summed E-state index contributed by atoms with van der Waals surface area (Å²) in [5.41, 5.74) is 7.82. The minimum absolute atomic E-state index is 0.00523. The number of nitriles is 1. The molecule has 0 aromatic heterocycles.